The molecule has 0 aromatic heterocycles. The number of nitrogens with one attached hydrogen (secondary N) is 1. The van der Waals surface area contributed by atoms with Crippen molar-refractivity contribution in [2.75, 3.05) is 19.6 Å². The third kappa shape index (κ3) is 9.05. The van der Waals surface area contributed by atoms with Crippen molar-refractivity contribution in [2.45, 2.75) is 47.5 Å². The van der Waals surface area contributed by atoms with Crippen LogP contribution in [0.5, 0.6) is 0 Å². The molecule has 0 atom stereocenters. The van der Waals surface area contributed by atoms with Gasteiger partial charge >= 0.3 is 5.97 Å². The van der Waals surface area contributed by atoms with E-state index in [2.05, 4.69) is 5.32 Å². The van der Waals surface area contributed by atoms with E-state index in [9.17, 15) is 14.4 Å². The average molecular weight is 300 g/mol. The standard InChI is InChI=1S/C15H28N2O4/c1-11(2)10-17(9-7-13(19)20)12(18)6-8-16-14(21)15(3,4)5/h11H,6-10H2,1-5H3,(H,16,21)(H,19,20). The third-order valence-corrected chi connectivity index (χ3v) is 2.84. The highest BCUT2D eigenvalue weighted by atomic mass is 16.4. The summed E-state index contributed by atoms with van der Waals surface area (Å²) in [4.78, 5) is 36.0. The van der Waals surface area contributed by atoms with E-state index in [1.807, 2.05) is 34.6 Å². The van der Waals surface area contributed by atoms with Crippen molar-refractivity contribution in [1.82, 2.24) is 10.2 Å². The van der Waals surface area contributed by atoms with Crippen LogP contribution < -0.4 is 5.32 Å². The number of rotatable bonds is 8. The lowest BCUT2D eigenvalue weighted by Gasteiger charge is -2.24. The summed E-state index contributed by atoms with van der Waals surface area (Å²) < 4.78 is 0. The van der Waals surface area contributed by atoms with Crippen molar-refractivity contribution in [2.24, 2.45) is 11.3 Å². The summed E-state index contributed by atoms with van der Waals surface area (Å²) in [6, 6.07) is 0. The largest absolute Gasteiger partial charge is 0.481 e. The van der Waals surface area contributed by atoms with Crippen LogP contribution in [0.1, 0.15) is 47.5 Å². The lowest BCUT2D eigenvalue weighted by molar-refractivity contribution is -0.138. The Morgan fingerprint density at radius 2 is 1.71 bits per heavy atom. The Balaban J connectivity index is 4.34. The van der Waals surface area contributed by atoms with Gasteiger partial charge in [0, 0.05) is 31.5 Å². The fourth-order valence-corrected chi connectivity index (χ4v) is 1.70. The van der Waals surface area contributed by atoms with Gasteiger partial charge in [-0.25, -0.2) is 0 Å². The average Bonchev–Trinajstić information content (AvgIpc) is 2.32. The van der Waals surface area contributed by atoms with Crippen LogP contribution in [0.25, 0.3) is 0 Å². The van der Waals surface area contributed by atoms with E-state index in [1.54, 1.807) is 4.90 Å². The third-order valence-electron chi connectivity index (χ3n) is 2.84. The second-order valence-corrected chi connectivity index (χ2v) is 6.63. The maximum Gasteiger partial charge on any atom is 0.305 e. The number of nitrogens with zero attached hydrogens (tertiary/aromatic N) is 1. The van der Waals surface area contributed by atoms with Gasteiger partial charge in [-0.15, -0.1) is 0 Å². The zero-order valence-corrected chi connectivity index (χ0v) is 13.7. The van der Waals surface area contributed by atoms with Gasteiger partial charge in [-0.3, -0.25) is 14.4 Å². The van der Waals surface area contributed by atoms with Gasteiger partial charge in [0.15, 0.2) is 0 Å². The maximum atomic E-state index is 12.1. The van der Waals surface area contributed by atoms with Crippen LogP contribution in [0, 0.1) is 11.3 Å². The number of aliphatic carboxylic acids is 1. The predicted molar refractivity (Wildman–Crippen MR) is 80.8 cm³/mol. The molecular formula is C15H28N2O4. The molecule has 0 unspecified atom stereocenters. The molecule has 2 amide bonds. The van der Waals surface area contributed by atoms with Crippen molar-refractivity contribution in [3.63, 3.8) is 0 Å². The molecule has 0 spiro atoms. The fraction of sp³-hybridized carbons (Fsp3) is 0.800. The van der Waals surface area contributed by atoms with E-state index in [-0.39, 0.29) is 43.7 Å². The van der Waals surface area contributed by atoms with Crippen LogP contribution in [0.3, 0.4) is 0 Å². The molecule has 21 heavy (non-hydrogen) atoms. The van der Waals surface area contributed by atoms with Gasteiger partial charge in [0.1, 0.15) is 0 Å². The minimum atomic E-state index is -0.919. The van der Waals surface area contributed by atoms with Crippen LogP contribution in [0.2, 0.25) is 0 Å². The molecule has 0 aliphatic rings. The number of carboxylic acids is 1. The lowest BCUT2D eigenvalue weighted by atomic mass is 9.96. The molecule has 0 aliphatic heterocycles. The highest BCUT2D eigenvalue weighted by Crippen LogP contribution is 2.12. The minimum Gasteiger partial charge on any atom is -0.481 e. The molecule has 0 aromatic carbocycles. The van der Waals surface area contributed by atoms with E-state index >= 15 is 0 Å². The quantitative estimate of drug-likeness (QED) is 0.711. The SMILES string of the molecule is CC(C)CN(CCC(=O)O)C(=O)CCNC(=O)C(C)(C)C. The number of carboxylic acid groups (broad SMARTS) is 1. The first-order valence-electron chi connectivity index (χ1n) is 7.32. The first kappa shape index (κ1) is 19.4. The van der Waals surface area contributed by atoms with E-state index in [1.165, 1.54) is 0 Å². The summed E-state index contributed by atoms with van der Waals surface area (Å²) in [5, 5.41) is 11.4. The number of carbonyl (C=O) groups excluding carboxylic acids is 2. The number of carbonyl (C=O) groups is 3. The highest BCUT2D eigenvalue weighted by molar-refractivity contribution is 5.82. The summed E-state index contributed by atoms with van der Waals surface area (Å²) in [5.74, 6) is -0.875. The van der Waals surface area contributed by atoms with Crippen LogP contribution in [0.15, 0.2) is 0 Å². The van der Waals surface area contributed by atoms with Gasteiger partial charge in [-0.05, 0) is 5.92 Å². The molecular weight excluding hydrogens is 272 g/mol. The maximum absolute atomic E-state index is 12.1. The summed E-state index contributed by atoms with van der Waals surface area (Å²) in [7, 11) is 0. The summed E-state index contributed by atoms with van der Waals surface area (Å²) in [6.45, 7) is 10.4. The van der Waals surface area contributed by atoms with E-state index in [0.717, 1.165) is 0 Å². The Kier molecular flexibility index (Phi) is 7.99. The Morgan fingerprint density at radius 1 is 1.14 bits per heavy atom. The van der Waals surface area contributed by atoms with Crippen molar-refractivity contribution >= 4 is 17.8 Å². The summed E-state index contributed by atoms with van der Waals surface area (Å²) in [6.07, 6.45) is 0.126. The first-order valence-corrected chi connectivity index (χ1v) is 7.32. The second-order valence-electron chi connectivity index (χ2n) is 6.63. The van der Waals surface area contributed by atoms with Crippen LogP contribution in [-0.4, -0.2) is 47.4 Å². The van der Waals surface area contributed by atoms with Gasteiger partial charge in [0.25, 0.3) is 0 Å². The van der Waals surface area contributed by atoms with Crippen LogP contribution >= 0.6 is 0 Å². The topological polar surface area (TPSA) is 86.7 Å². The minimum absolute atomic E-state index is 0.0627. The molecule has 0 saturated carbocycles. The molecule has 0 rings (SSSR count). The monoisotopic (exact) mass is 300 g/mol. The molecule has 0 heterocycles. The Hall–Kier alpha value is -1.59. The van der Waals surface area contributed by atoms with E-state index in [4.69, 9.17) is 5.11 Å². The van der Waals surface area contributed by atoms with Crippen molar-refractivity contribution in [3.05, 3.63) is 0 Å². The van der Waals surface area contributed by atoms with Gasteiger partial charge in [-0.2, -0.15) is 0 Å². The molecule has 0 aromatic rings. The highest BCUT2D eigenvalue weighted by Gasteiger charge is 2.21. The number of hydrogen-bond acceptors (Lipinski definition) is 3. The molecule has 122 valence electrons. The van der Waals surface area contributed by atoms with Gasteiger partial charge in [0.05, 0.1) is 6.42 Å². The summed E-state index contributed by atoms with van der Waals surface area (Å²) in [5.41, 5.74) is -0.482. The van der Waals surface area contributed by atoms with Crippen molar-refractivity contribution in [1.29, 1.82) is 0 Å². The molecule has 0 fully saturated rings. The van der Waals surface area contributed by atoms with Crippen molar-refractivity contribution in [3.8, 4) is 0 Å². The van der Waals surface area contributed by atoms with Gasteiger partial charge in [-0.1, -0.05) is 34.6 Å². The molecule has 0 aliphatic carbocycles. The van der Waals surface area contributed by atoms with Crippen molar-refractivity contribution < 1.29 is 19.5 Å². The Bertz CT molecular complexity index is 372. The molecule has 0 radical (unpaired) electrons. The van der Waals surface area contributed by atoms with E-state index in [0.29, 0.717) is 6.54 Å². The molecule has 6 heteroatoms. The molecule has 2 N–H and O–H groups in total. The second kappa shape index (κ2) is 8.64. The number of amides is 2. The van der Waals surface area contributed by atoms with Gasteiger partial charge in [0.2, 0.25) is 11.8 Å². The smallest absolute Gasteiger partial charge is 0.305 e. The Morgan fingerprint density at radius 3 is 2.14 bits per heavy atom. The van der Waals surface area contributed by atoms with E-state index < -0.39 is 11.4 Å². The zero-order chi connectivity index (χ0) is 16.6. The van der Waals surface area contributed by atoms with Crippen LogP contribution in [-0.2, 0) is 14.4 Å². The zero-order valence-electron chi connectivity index (χ0n) is 13.7. The van der Waals surface area contributed by atoms with Crippen LogP contribution in [0.4, 0.5) is 0 Å². The Labute approximate surface area is 126 Å². The molecule has 0 saturated heterocycles. The summed E-state index contributed by atoms with van der Waals surface area (Å²) >= 11 is 0. The predicted octanol–water partition coefficient (Wildman–Crippen LogP) is 1.50. The first-order chi connectivity index (χ1) is 9.54. The normalized spacial score (nSPS) is 11.3. The molecule has 0 bridgehead atoms. The lowest BCUT2D eigenvalue weighted by Crippen LogP contribution is -2.40. The molecule has 6 nitrogen and oxygen atoms in total. The van der Waals surface area contributed by atoms with Gasteiger partial charge < -0.3 is 15.3 Å². The fourth-order valence-electron chi connectivity index (χ4n) is 1.70. The number of hydrogen-bond donors (Lipinski definition) is 2.